The Hall–Kier alpha value is -6.65. The van der Waals surface area contributed by atoms with Crippen LogP contribution in [0.2, 0.25) is 0 Å². The van der Waals surface area contributed by atoms with Gasteiger partial charge in [-0.1, -0.05) is 140 Å². The van der Waals surface area contributed by atoms with E-state index < -0.39 is 0 Å². The summed E-state index contributed by atoms with van der Waals surface area (Å²) in [6, 6.07) is 56.9. The van der Waals surface area contributed by atoms with Gasteiger partial charge in [-0.05, 0) is 67.7 Å². The van der Waals surface area contributed by atoms with Crippen LogP contribution in [-0.4, -0.2) is 15.0 Å². The maximum Gasteiger partial charge on any atom is 0.165 e. The van der Waals surface area contributed by atoms with Crippen LogP contribution in [0.1, 0.15) is 0 Å². The van der Waals surface area contributed by atoms with Crippen LogP contribution < -0.4 is 0 Å². The molecule has 0 radical (unpaired) electrons. The summed E-state index contributed by atoms with van der Waals surface area (Å²) in [6.45, 7) is 0. The first-order valence-electron chi connectivity index (χ1n) is 16.4. The summed E-state index contributed by atoms with van der Waals surface area (Å²) >= 11 is 0. The molecule has 2 aromatic heterocycles. The fraction of sp³-hybridized carbons (Fsp3) is 0. The standard InChI is InChI=1S/C45H27N3O/c1-3-13-28(14-4-1)43-46-44(29-15-5-2-6-16-29)48-45(47-43)42-35-21-11-9-19-33(35)41(34-20-10-12-22-36(34)42)32-23-24-39-37(26-32)38-25-30-17-7-8-18-31(30)27-40(38)49-39/h1-27H. The Morgan fingerprint density at radius 2 is 0.776 bits per heavy atom. The molecule has 0 atom stereocenters. The van der Waals surface area contributed by atoms with Gasteiger partial charge in [-0.2, -0.15) is 0 Å². The minimum absolute atomic E-state index is 0.645. The van der Waals surface area contributed by atoms with Crippen molar-refractivity contribution in [2.75, 3.05) is 0 Å². The van der Waals surface area contributed by atoms with Gasteiger partial charge >= 0.3 is 0 Å². The van der Waals surface area contributed by atoms with Crippen LogP contribution >= 0.6 is 0 Å². The molecule has 4 heteroatoms. The zero-order chi connectivity index (χ0) is 32.3. The quantitative estimate of drug-likeness (QED) is 0.183. The van der Waals surface area contributed by atoms with E-state index in [9.17, 15) is 0 Å². The Morgan fingerprint density at radius 1 is 0.306 bits per heavy atom. The molecule has 4 nitrogen and oxygen atoms in total. The molecule has 0 unspecified atom stereocenters. The van der Waals surface area contributed by atoms with Gasteiger partial charge in [0.05, 0.1) is 0 Å². The second-order valence-electron chi connectivity index (χ2n) is 12.4. The van der Waals surface area contributed by atoms with Crippen molar-refractivity contribution in [1.82, 2.24) is 15.0 Å². The molecular formula is C45H27N3O. The molecule has 0 aliphatic carbocycles. The van der Waals surface area contributed by atoms with Gasteiger partial charge in [0.15, 0.2) is 17.5 Å². The Kier molecular flexibility index (Phi) is 6.15. The fourth-order valence-electron chi connectivity index (χ4n) is 7.22. The summed E-state index contributed by atoms with van der Waals surface area (Å²) in [4.78, 5) is 15.3. The largest absolute Gasteiger partial charge is 0.456 e. The molecule has 0 amide bonds. The average Bonchev–Trinajstić information content (AvgIpc) is 3.53. The number of furan rings is 1. The Morgan fingerprint density at radius 3 is 1.37 bits per heavy atom. The summed E-state index contributed by atoms with van der Waals surface area (Å²) in [6.07, 6.45) is 0. The van der Waals surface area contributed by atoms with Crippen LogP contribution in [-0.2, 0) is 0 Å². The van der Waals surface area contributed by atoms with E-state index in [1.54, 1.807) is 0 Å². The number of nitrogens with zero attached hydrogens (tertiary/aromatic N) is 3. The molecule has 49 heavy (non-hydrogen) atoms. The van der Waals surface area contributed by atoms with Crippen LogP contribution in [0.4, 0.5) is 0 Å². The average molecular weight is 626 g/mol. The minimum Gasteiger partial charge on any atom is -0.456 e. The number of fused-ring (bicyclic) bond motifs is 6. The zero-order valence-corrected chi connectivity index (χ0v) is 26.3. The van der Waals surface area contributed by atoms with Crippen LogP contribution in [0.15, 0.2) is 168 Å². The monoisotopic (exact) mass is 625 g/mol. The van der Waals surface area contributed by atoms with Gasteiger partial charge in [0, 0.05) is 27.5 Å². The number of hydrogen-bond acceptors (Lipinski definition) is 4. The predicted octanol–water partition coefficient (Wildman–Crippen LogP) is 11.9. The van der Waals surface area contributed by atoms with Crippen molar-refractivity contribution in [2.45, 2.75) is 0 Å². The summed E-state index contributed by atoms with van der Waals surface area (Å²) in [5.74, 6) is 1.94. The highest BCUT2D eigenvalue weighted by Crippen LogP contribution is 2.44. The van der Waals surface area contributed by atoms with E-state index in [0.29, 0.717) is 17.5 Å². The zero-order valence-electron chi connectivity index (χ0n) is 26.3. The summed E-state index contributed by atoms with van der Waals surface area (Å²) in [7, 11) is 0. The molecule has 228 valence electrons. The number of aromatic nitrogens is 3. The second kappa shape index (κ2) is 11.0. The van der Waals surface area contributed by atoms with E-state index in [2.05, 4.69) is 103 Å². The van der Waals surface area contributed by atoms with Crippen LogP contribution in [0.25, 0.3) is 99.5 Å². The van der Waals surface area contributed by atoms with Crippen molar-refractivity contribution in [1.29, 1.82) is 0 Å². The van der Waals surface area contributed by atoms with Gasteiger partial charge in [-0.15, -0.1) is 0 Å². The summed E-state index contributed by atoms with van der Waals surface area (Å²) in [5, 5.41) is 9.04. The first kappa shape index (κ1) is 27.5. The van der Waals surface area contributed by atoms with Crippen molar-refractivity contribution in [3.05, 3.63) is 164 Å². The van der Waals surface area contributed by atoms with E-state index in [0.717, 1.165) is 65.7 Å². The third kappa shape index (κ3) is 4.49. The Balaban J connectivity index is 1.26. The molecule has 0 N–H and O–H groups in total. The van der Waals surface area contributed by atoms with E-state index in [4.69, 9.17) is 19.4 Å². The third-order valence-electron chi connectivity index (χ3n) is 9.48. The van der Waals surface area contributed by atoms with Crippen molar-refractivity contribution < 1.29 is 4.42 Å². The van der Waals surface area contributed by atoms with Gasteiger partial charge < -0.3 is 4.42 Å². The highest BCUT2D eigenvalue weighted by atomic mass is 16.3. The Labute approximate surface area is 282 Å². The lowest BCUT2D eigenvalue weighted by Crippen LogP contribution is -2.01. The molecule has 2 heterocycles. The van der Waals surface area contributed by atoms with Gasteiger partial charge in [0.1, 0.15) is 11.2 Å². The number of rotatable bonds is 4. The fourth-order valence-corrected chi connectivity index (χ4v) is 7.22. The molecule has 8 aromatic carbocycles. The summed E-state index contributed by atoms with van der Waals surface area (Å²) in [5.41, 5.74) is 6.97. The van der Waals surface area contributed by atoms with Crippen molar-refractivity contribution in [3.8, 4) is 45.3 Å². The van der Waals surface area contributed by atoms with E-state index in [1.165, 1.54) is 16.3 Å². The smallest absolute Gasteiger partial charge is 0.165 e. The number of benzene rings is 8. The SMILES string of the molecule is c1ccc(-c2nc(-c3ccccc3)nc(-c3c4ccccc4c(-c4ccc5oc6cc7ccccc7cc6c5c4)c4ccccc34)n2)cc1. The molecule has 0 saturated carbocycles. The molecule has 0 aliphatic rings. The third-order valence-corrected chi connectivity index (χ3v) is 9.48. The molecule has 0 saturated heterocycles. The normalized spacial score (nSPS) is 11.7. The molecule has 10 rings (SSSR count). The molecule has 0 fully saturated rings. The van der Waals surface area contributed by atoms with Crippen molar-refractivity contribution in [3.63, 3.8) is 0 Å². The molecular weight excluding hydrogens is 599 g/mol. The topological polar surface area (TPSA) is 51.8 Å². The van der Waals surface area contributed by atoms with E-state index in [1.807, 2.05) is 60.7 Å². The Bertz CT molecular complexity index is 2760. The van der Waals surface area contributed by atoms with Gasteiger partial charge in [0.2, 0.25) is 0 Å². The lowest BCUT2D eigenvalue weighted by Gasteiger charge is -2.17. The van der Waals surface area contributed by atoms with E-state index in [-0.39, 0.29) is 0 Å². The lowest BCUT2D eigenvalue weighted by molar-refractivity contribution is 0.669. The highest BCUT2D eigenvalue weighted by Gasteiger charge is 2.21. The minimum atomic E-state index is 0.645. The van der Waals surface area contributed by atoms with Crippen LogP contribution in [0.5, 0.6) is 0 Å². The van der Waals surface area contributed by atoms with E-state index >= 15 is 0 Å². The van der Waals surface area contributed by atoms with Crippen LogP contribution in [0, 0.1) is 0 Å². The van der Waals surface area contributed by atoms with Crippen LogP contribution in [0.3, 0.4) is 0 Å². The molecule has 10 aromatic rings. The first-order chi connectivity index (χ1) is 24.3. The number of hydrogen-bond donors (Lipinski definition) is 0. The lowest BCUT2D eigenvalue weighted by atomic mass is 9.87. The van der Waals surface area contributed by atoms with Gasteiger partial charge in [0.25, 0.3) is 0 Å². The van der Waals surface area contributed by atoms with Crippen molar-refractivity contribution >= 4 is 54.3 Å². The molecule has 0 bridgehead atoms. The van der Waals surface area contributed by atoms with Gasteiger partial charge in [-0.25, -0.2) is 15.0 Å². The molecule has 0 spiro atoms. The second-order valence-corrected chi connectivity index (χ2v) is 12.4. The van der Waals surface area contributed by atoms with Gasteiger partial charge in [-0.3, -0.25) is 0 Å². The molecule has 0 aliphatic heterocycles. The maximum absolute atomic E-state index is 6.38. The predicted molar refractivity (Wildman–Crippen MR) is 201 cm³/mol. The highest BCUT2D eigenvalue weighted by molar-refractivity contribution is 6.22. The van der Waals surface area contributed by atoms with Crippen molar-refractivity contribution in [2.24, 2.45) is 0 Å². The maximum atomic E-state index is 6.38. The summed E-state index contributed by atoms with van der Waals surface area (Å²) < 4.78 is 6.38. The first-order valence-corrected chi connectivity index (χ1v) is 16.4.